The Labute approximate surface area is 162 Å². The Bertz CT molecular complexity index is 929. The zero-order valence-corrected chi connectivity index (χ0v) is 15.7. The molecule has 0 aromatic heterocycles. The lowest BCUT2D eigenvalue weighted by Crippen LogP contribution is -2.25. The van der Waals surface area contributed by atoms with Gasteiger partial charge in [-0.25, -0.2) is 4.39 Å². The Kier molecular flexibility index (Phi) is 5.73. The number of rotatable bonds is 6. The maximum Gasteiger partial charge on any atom is 0.253 e. The average Bonchev–Trinajstić information content (AvgIpc) is 3.38. The lowest BCUT2D eigenvalue weighted by Gasteiger charge is -2.12. The number of nitrogens with one attached hydrogen (secondary N) is 3. The largest absolute Gasteiger partial charge is 0.348 e. The highest BCUT2D eigenvalue weighted by atomic mass is 19.1. The molecule has 0 bridgehead atoms. The van der Waals surface area contributed by atoms with E-state index in [1.807, 2.05) is 6.92 Å². The first-order chi connectivity index (χ1) is 13.3. The van der Waals surface area contributed by atoms with E-state index in [4.69, 9.17) is 0 Å². The molecule has 3 rings (SSSR count). The van der Waals surface area contributed by atoms with Crippen molar-refractivity contribution in [1.29, 1.82) is 0 Å². The molecule has 2 aromatic rings. The lowest BCUT2D eigenvalue weighted by atomic mass is 10.1. The molecule has 1 aliphatic rings. The number of halogens is 1. The molecule has 6 nitrogen and oxygen atoms in total. The molecule has 3 amide bonds. The van der Waals surface area contributed by atoms with Gasteiger partial charge in [-0.1, -0.05) is 19.1 Å². The van der Waals surface area contributed by atoms with Crippen molar-refractivity contribution in [3.63, 3.8) is 0 Å². The van der Waals surface area contributed by atoms with Gasteiger partial charge in [-0.05, 0) is 48.2 Å². The molecule has 7 heteroatoms. The predicted octanol–water partition coefficient (Wildman–Crippen LogP) is 3.31. The van der Waals surface area contributed by atoms with Crippen molar-refractivity contribution in [3.8, 4) is 0 Å². The summed E-state index contributed by atoms with van der Waals surface area (Å²) in [6.45, 7) is 3.59. The van der Waals surface area contributed by atoms with Gasteiger partial charge in [0.05, 0.1) is 11.3 Å². The van der Waals surface area contributed by atoms with E-state index in [0.29, 0.717) is 11.6 Å². The van der Waals surface area contributed by atoms with E-state index in [-0.39, 0.29) is 35.5 Å². The third-order valence-electron chi connectivity index (χ3n) is 4.63. The van der Waals surface area contributed by atoms with Gasteiger partial charge in [-0.15, -0.1) is 0 Å². The zero-order chi connectivity index (χ0) is 20.3. The molecule has 0 saturated heterocycles. The summed E-state index contributed by atoms with van der Waals surface area (Å²) in [7, 11) is 0. The number of carbonyl (C=O) groups is 3. The minimum Gasteiger partial charge on any atom is -0.348 e. The van der Waals surface area contributed by atoms with Gasteiger partial charge in [0.2, 0.25) is 11.8 Å². The molecular formula is C21H22FN3O3. The molecule has 0 aliphatic heterocycles. The molecule has 2 aromatic carbocycles. The van der Waals surface area contributed by atoms with Gasteiger partial charge >= 0.3 is 0 Å². The van der Waals surface area contributed by atoms with Gasteiger partial charge in [0, 0.05) is 25.1 Å². The summed E-state index contributed by atoms with van der Waals surface area (Å²) in [5.74, 6) is -1.13. The van der Waals surface area contributed by atoms with Crippen LogP contribution < -0.4 is 16.0 Å². The van der Waals surface area contributed by atoms with Crippen molar-refractivity contribution in [1.82, 2.24) is 5.32 Å². The van der Waals surface area contributed by atoms with E-state index in [1.165, 1.54) is 19.1 Å². The Balaban J connectivity index is 1.69. The number of carbonyl (C=O) groups excluding carboxylic acids is 3. The van der Waals surface area contributed by atoms with E-state index in [0.717, 1.165) is 18.1 Å². The SMILES string of the molecule is CC(=O)Nc1cccc(CNC(=O)c2cc(F)ccc2NC(=O)C2CC2C)c1. The van der Waals surface area contributed by atoms with Crippen molar-refractivity contribution in [2.75, 3.05) is 10.6 Å². The van der Waals surface area contributed by atoms with Gasteiger partial charge in [0.1, 0.15) is 5.82 Å². The number of anilines is 2. The first-order valence-electron chi connectivity index (χ1n) is 9.08. The van der Waals surface area contributed by atoms with E-state index in [1.54, 1.807) is 24.3 Å². The highest BCUT2D eigenvalue weighted by molar-refractivity contribution is 6.04. The van der Waals surface area contributed by atoms with Crippen molar-refractivity contribution < 1.29 is 18.8 Å². The predicted molar refractivity (Wildman–Crippen MR) is 104 cm³/mol. The smallest absolute Gasteiger partial charge is 0.253 e. The summed E-state index contributed by atoms with van der Waals surface area (Å²) in [6.07, 6.45) is 0.819. The molecule has 28 heavy (non-hydrogen) atoms. The van der Waals surface area contributed by atoms with Gasteiger partial charge in [-0.2, -0.15) is 0 Å². The first-order valence-corrected chi connectivity index (χ1v) is 9.08. The highest BCUT2D eigenvalue weighted by Gasteiger charge is 2.39. The summed E-state index contributed by atoms with van der Waals surface area (Å²) in [5, 5.41) is 8.12. The summed E-state index contributed by atoms with van der Waals surface area (Å²) >= 11 is 0. The third kappa shape index (κ3) is 4.94. The molecule has 0 radical (unpaired) electrons. The van der Waals surface area contributed by atoms with Crippen LogP contribution in [0.25, 0.3) is 0 Å². The summed E-state index contributed by atoms with van der Waals surface area (Å²) < 4.78 is 13.7. The average molecular weight is 383 g/mol. The molecule has 2 unspecified atom stereocenters. The summed E-state index contributed by atoms with van der Waals surface area (Å²) in [4.78, 5) is 35.9. The molecule has 3 N–H and O–H groups in total. The lowest BCUT2D eigenvalue weighted by molar-refractivity contribution is -0.117. The zero-order valence-electron chi connectivity index (χ0n) is 15.7. The van der Waals surface area contributed by atoms with Crippen LogP contribution in [0.3, 0.4) is 0 Å². The van der Waals surface area contributed by atoms with Crippen LogP contribution in [-0.4, -0.2) is 17.7 Å². The Morgan fingerprint density at radius 2 is 1.86 bits per heavy atom. The molecule has 1 aliphatic carbocycles. The number of hydrogen-bond donors (Lipinski definition) is 3. The van der Waals surface area contributed by atoms with Crippen molar-refractivity contribution in [3.05, 3.63) is 59.4 Å². The highest BCUT2D eigenvalue weighted by Crippen LogP contribution is 2.38. The van der Waals surface area contributed by atoms with Crippen LogP contribution in [0.2, 0.25) is 0 Å². The molecule has 0 spiro atoms. The quantitative estimate of drug-likeness (QED) is 0.715. The van der Waals surface area contributed by atoms with E-state index >= 15 is 0 Å². The van der Waals surface area contributed by atoms with Crippen LogP contribution in [0.15, 0.2) is 42.5 Å². The fourth-order valence-electron chi connectivity index (χ4n) is 2.97. The topological polar surface area (TPSA) is 87.3 Å². The first kappa shape index (κ1) is 19.5. The standard InChI is InChI=1S/C21H22FN3O3/c1-12-8-17(12)21(28)25-19-7-6-15(22)10-18(19)20(27)23-11-14-4-3-5-16(9-14)24-13(2)26/h3-7,9-10,12,17H,8,11H2,1-2H3,(H,23,27)(H,24,26)(H,25,28). The fraction of sp³-hybridized carbons (Fsp3) is 0.286. The minimum absolute atomic E-state index is 0.0579. The number of hydrogen-bond acceptors (Lipinski definition) is 3. The van der Waals surface area contributed by atoms with Crippen LogP contribution in [0.5, 0.6) is 0 Å². The van der Waals surface area contributed by atoms with Crippen LogP contribution >= 0.6 is 0 Å². The molecule has 146 valence electrons. The van der Waals surface area contributed by atoms with Gasteiger partial charge in [0.15, 0.2) is 0 Å². The van der Waals surface area contributed by atoms with Crippen molar-refractivity contribution in [2.45, 2.75) is 26.8 Å². The Hall–Kier alpha value is -3.22. The van der Waals surface area contributed by atoms with Crippen LogP contribution in [0, 0.1) is 17.7 Å². The normalized spacial score (nSPS) is 17.5. The maximum atomic E-state index is 13.7. The minimum atomic E-state index is -0.560. The molecule has 1 saturated carbocycles. The molecular weight excluding hydrogens is 361 g/mol. The van der Waals surface area contributed by atoms with Crippen LogP contribution in [0.4, 0.5) is 15.8 Å². The van der Waals surface area contributed by atoms with Gasteiger partial charge < -0.3 is 16.0 Å². The molecule has 0 heterocycles. The van der Waals surface area contributed by atoms with Crippen molar-refractivity contribution in [2.24, 2.45) is 11.8 Å². The number of benzene rings is 2. The Morgan fingerprint density at radius 3 is 2.54 bits per heavy atom. The fourth-order valence-corrected chi connectivity index (χ4v) is 2.97. The Morgan fingerprint density at radius 1 is 1.11 bits per heavy atom. The van der Waals surface area contributed by atoms with Crippen LogP contribution in [-0.2, 0) is 16.1 Å². The van der Waals surface area contributed by atoms with Gasteiger partial charge in [0.25, 0.3) is 5.91 Å². The van der Waals surface area contributed by atoms with E-state index < -0.39 is 11.7 Å². The maximum absolute atomic E-state index is 13.7. The monoisotopic (exact) mass is 383 g/mol. The second-order valence-corrected chi connectivity index (χ2v) is 7.06. The van der Waals surface area contributed by atoms with Gasteiger partial charge in [-0.3, -0.25) is 14.4 Å². The second-order valence-electron chi connectivity index (χ2n) is 7.06. The van der Waals surface area contributed by atoms with Crippen LogP contribution in [0.1, 0.15) is 36.2 Å². The van der Waals surface area contributed by atoms with E-state index in [2.05, 4.69) is 16.0 Å². The summed E-state index contributed by atoms with van der Waals surface area (Å²) in [5.41, 5.74) is 1.75. The number of amides is 3. The second kappa shape index (κ2) is 8.21. The van der Waals surface area contributed by atoms with Crippen molar-refractivity contribution >= 4 is 29.1 Å². The third-order valence-corrected chi connectivity index (χ3v) is 4.63. The summed E-state index contributed by atoms with van der Waals surface area (Å²) in [6, 6.07) is 10.8. The van der Waals surface area contributed by atoms with E-state index in [9.17, 15) is 18.8 Å². The molecule has 1 fully saturated rings. The molecule has 2 atom stereocenters.